The Hall–Kier alpha value is -0.430. The maximum absolute atomic E-state index is 11.2. The Labute approximate surface area is 97.0 Å². The highest BCUT2D eigenvalue weighted by molar-refractivity contribution is 7.89. The fourth-order valence-corrected chi connectivity index (χ4v) is 2.34. The van der Waals surface area contributed by atoms with Gasteiger partial charge in [-0.25, -0.2) is 13.6 Å². The van der Waals surface area contributed by atoms with Crippen LogP contribution in [0.5, 0.6) is 0 Å². The number of aliphatic hydroxyl groups is 2. The third-order valence-corrected chi connectivity index (χ3v) is 4.11. The quantitative estimate of drug-likeness (QED) is 0.528. The number of nitrogens with two attached hydrogens (primary N) is 1. The van der Waals surface area contributed by atoms with E-state index in [1.165, 1.54) is 6.92 Å². The molecule has 0 aromatic carbocycles. The van der Waals surface area contributed by atoms with Crippen molar-refractivity contribution in [1.82, 2.24) is 0 Å². The fraction of sp³-hybridized carbons (Fsp3) is 0.800. The molecule has 0 aromatic heterocycles. The van der Waals surface area contributed by atoms with Crippen LogP contribution in [0.2, 0.25) is 0 Å². The van der Waals surface area contributed by atoms with E-state index in [1.54, 1.807) is 6.08 Å². The summed E-state index contributed by atoms with van der Waals surface area (Å²) in [4.78, 5) is 0. The molecule has 0 unspecified atom stereocenters. The third-order valence-electron chi connectivity index (χ3n) is 2.69. The summed E-state index contributed by atoms with van der Waals surface area (Å²) in [5, 5.41) is 22.5. The minimum absolute atomic E-state index is 0.119. The first-order valence-corrected chi connectivity index (χ1v) is 6.85. The first-order chi connectivity index (χ1) is 7.32. The summed E-state index contributed by atoms with van der Waals surface area (Å²) < 4.78 is 22.4. The predicted octanol–water partition coefficient (Wildman–Crippen LogP) is -0.0109. The SMILES string of the molecule is C=CC[C@H](C[C@H](O)CCO)[C@H](C)S(N)(=O)=O. The molecule has 0 aromatic rings. The predicted molar refractivity (Wildman–Crippen MR) is 63.2 cm³/mol. The fourth-order valence-electron chi connectivity index (χ4n) is 1.58. The highest BCUT2D eigenvalue weighted by Gasteiger charge is 2.27. The summed E-state index contributed by atoms with van der Waals surface area (Å²) in [6.45, 7) is 4.96. The summed E-state index contributed by atoms with van der Waals surface area (Å²) in [7, 11) is -3.61. The zero-order valence-corrected chi connectivity index (χ0v) is 10.4. The Morgan fingerprint density at radius 2 is 2.06 bits per heavy atom. The van der Waals surface area contributed by atoms with Gasteiger partial charge in [-0.05, 0) is 32.1 Å². The Morgan fingerprint density at radius 1 is 1.50 bits per heavy atom. The topological polar surface area (TPSA) is 101 Å². The number of primary sulfonamides is 1. The minimum atomic E-state index is -3.61. The second-order valence-electron chi connectivity index (χ2n) is 3.98. The second kappa shape index (κ2) is 7.01. The van der Waals surface area contributed by atoms with E-state index in [4.69, 9.17) is 10.2 Å². The largest absolute Gasteiger partial charge is 0.396 e. The third kappa shape index (κ3) is 5.60. The Bertz CT molecular complexity index is 302. The Morgan fingerprint density at radius 3 is 2.44 bits per heavy atom. The summed E-state index contributed by atoms with van der Waals surface area (Å²) in [5.41, 5.74) is 0. The minimum Gasteiger partial charge on any atom is -0.396 e. The van der Waals surface area contributed by atoms with Crippen LogP contribution < -0.4 is 5.14 Å². The van der Waals surface area contributed by atoms with Gasteiger partial charge in [0.2, 0.25) is 10.0 Å². The van der Waals surface area contributed by atoms with Crippen LogP contribution in [0.1, 0.15) is 26.2 Å². The molecule has 0 radical (unpaired) electrons. The van der Waals surface area contributed by atoms with Crippen LogP contribution in [0.25, 0.3) is 0 Å². The van der Waals surface area contributed by atoms with Crippen LogP contribution >= 0.6 is 0 Å². The summed E-state index contributed by atoms with van der Waals surface area (Å²) in [6, 6.07) is 0. The molecule has 16 heavy (non-hydrogen) atoms. The van der Waals surface area contributed by atoms with E-state index in [9.17, 15) is 13.5 Å². The van der Waals surface area contributed by atoms with Gasteiger partial charge in [0, 0.05) is 6.61 Å². The van der Waals surface area contributed by atoms with E-state index >= 15 is 0 Å². The van der Waals surface area contributed by atoms with Gasteiger partial charge < -0.3 is 10.2 Å². The molecule has 0 spiro atoms. The molecule has 6 heteroatoms. The van der Waals surface area contributed by atoms with Crippen LogP contribution in [0.3, 0.4) is 0 Å². The van der Waals surface area contributed by atoms with Crippen molar-refractivity contribution >= 4 is 10.0 Å². The molecule has 4 N–H and O–H groups in total. The number of hydrogen-bond donors (Lipinski definition) is 3. The van der Waals surface area contributed by atoms with Crippen molar-refractivity contribution < 1.29 is 18.6 Å². The van der Waals surface area contributed by atoms with Gasteiger partial charge in [0.1, 0.15) is 0 Å². The highest BCUT2D eigenvalue weighted by Crippen LogP contribution is 2.21. The molecule has 0 saturated heterocycles. The lowest BCUT2D eigenvalue weighted by Crippen LogP contribution is -2.34. The standard InChI is InChI=1S/C10H21NO4S/c1-3-4-9(7-10(13)5-6-12)8(2)16(11,14)15/h3,8-10,12-13H,1,4-7H2,2H3,(H2,11,14,15)/t8-,9+,10+/m0/s1. The van der Waals surface area contributed by atoms with Gasteiger partial charge in [-0.15, -0.1) is 6.58 Å². The monoisotopic (exact) mass is 251 g/mol. The zero-order valence-electron chi connectivity index (χ0n) is 9.54. The molecule has 0 bridgehead atoms. The summed E-state index contributed by atoms with van der Waals surface area (Å²) >= 11 is 0. The van der Waals surface area contributed by atoms with E-state index in [-0.39, 0.29) is 18.9 Å². The van der Waals surface area contributed by atoms with Crippen LogP contribution in [0.4, 0.5) is 0 Å². The molecule has 0 rings (SSSR count). The van der Waals surface area contributed by atoms with Gasteiger partial charge in [0.15, 0.2) is 0 Å². The molecular weight excluding hydrogens is 230 g/mol. The maximum atomic E-state index is 11.2. The molecule has 0 amide bonds. The lowest BCUT2D eigenvalue weighted by atomic mass is 9.94. The first kappa shape index (κ1) is 15.6. The lowest BCUT2D eigenvalue weighted by Gasteiger charge is -2.23. The van der Waals surface area contributed by atoms with Crippen LogP contribution in [-0.4, -0.2) is 36.6 Å². The van der Waals surface area contributed by atoms with Gasteiger partial charge >= 0.3 is 0 Å². The maximum Gasteiger partial charge on any atom is 0.211 e. The number of allylic oxidation sites excluding steroid dienone is 1. The summed E-state index contributed by atoms with van der Waals surface area (Å²) in [6.07, 6.45) is 1.91. The lowest BCUT2D eigenvalue weighted by molar-refractivity contribution is 0.108. The van der Waals surface area contributed by atoms with Gasteiger partial charge in [0.25, 0.3) is 0 Å². The molecule has 0 aliphatic carbocycles. The van der Waals surface area contributed by atoms with Gasteiger partial charge in [-0.2, -0.15) is 0 Å². The van der Waals surface area contributed by atoms with Crippen molar-refractivity contribution in [3.63, 3.8) is 0 Å². The Balaban J connectivity index is 4.54. The number of hydrogen-bond acceptors (Lipinski definition) is 4. The van der Waals surface area contributed by atoms with Crippen molar-refractivity contribution in [3.05, 3.63) is 12.7 Å². The molecular formula is C10H21NO4S. The van der Waals surface area contributed by atoms with E-state index < -0.39 is 21.4 Å². The molecule has 96 valence electrons. The van der Waals surface area contributed by atoms with Crippen molar-refractivity contribution in [1.29, 1.82) is 0 Å². The van der Waals surface area contributed by atoms with E-state index in [2.05, 4.69) is 6.58 Å². The van der Waals surface area contributed by atoms with Crippen LogP contribution in [0.15, 0.2) is 12.7 Å². The van der Waals surface area contributed by atoms with Crippen molar-refractivity contribution in [2.75, 3.05) is 6.61 Å². The molecule has 0 saturated carbocycles. The molecule has 0 aliphatic rings. The average molecular weight is 251 g/mol. The van der Waals surface area contributed by atoms with Crippen LogP contribution in [-0.2, 0) is 10.0 Å². The number of rotatable bonds is 8. The normalized spacial score (nSPS) is 17.8. The molecule has 0 aliphatic heterocycles. The molecule has 5 nitrogen and oxygen atoms in total. The van der Waals surface area contributed by atoms with Crippen molar-refractivity contribution in [2.24, 2.45) is 11.1 Å². The smallest absolute Gasteiger partial charge is 0.211 e. The first-order valence-electron chi connectivity index (χ1n) is 5.24. The second-order valence-corrected chi connectivity index (χ2v) is 5.90. The van der Waals surface area contributed by atoms with E-state index in [0.29, 0.717) is 12.8 Å². The van der Waals surface area contributed by atoms with Crippen molar-refractivity contribution in [3.8, 4) is 0 Å². The van der Waals surface area contributed by atoms with Gasteiger partial charge in [0.05, 0.1) is 11.4 Å². The summed E-state index contributed by atoms with van der Waals surface area (Å²) in [5.74, 6) is -0.269. The van der Waals surface area contributed by atoms with Crippen molar-refractivity contribution in [2.45, 2.75) is 37.5 Å². The van der Waals surface area contributed by atoms with E-state index in [1.807, 2.05) is 0 Å². The number of aliphatic hydroxyl groups excluding tert-OH is 2. The number of sulfonamides is 1. The van der Waals surface area contributed by atoms with E-state index in [0.717, 1.165) is 0 Å². The van der Waals surface area contributed by atoms with Gasteiger partial charge in [-0.1, -0.05) is 6.08 Å². The molecule has 3 atom stereocenters. The average Bonchev–Trinajstić information content (AvgIpc) is 2.15. The molecule has 0 heterocycles. The molecule has 0 fully saturated rings. The Kier molecular flexibility index (Phi) is 6.82. The zero-order chi connectivity index (χ0) is 12.8. The van der Waals surface area contributed by atoms with Crippen LogP contribution in [0, 0.1) is 5.92 Å². The highest BCUT2D eigenvalue weighted by atomic mass is 32.2. The van der Waals surface area contributed by atoms with Gasteiger partial charge in [-0.3, -0.25) is 0 Å².